The van der Waals surface area contributed by atoms with Gasteiger partial charge in [-0.05, 0) is 80.9 Å². The largest absolute Gasteiger partial charge is 0.340 e. The van der Waals surface area contributed by atoms with Crippen LogP contribution in [0.4, 0.5) is 10.1 Å². The Labute approximate surface area is 204 Å². The van der Waals surface area contributed by atoms with Crippen LogP contribution in [0.25, 0.3) is 0 Å². The summed E-state index contributed by atoms with van der Waals surface area (Å²) < 4.78 is 40.8. The Bertz CT molecular complexity index is 1270. The van der Waals surface area contributed by atoms with E-state index in [4.69, 9.17) is 0 Å². The SMILES string of the molecule is CC(C)(C)NS(=O)(=O)c1ccc(NC(=O)[C@H](Cc2cccnc2)NC(=O)c2ccc(F)cc2)cc1. The average Bonchev–Trinajstić information content (AvgIpc) is 2.78. The summed E-state index contributed by atoms with van der Waals surface area (Å²) in [6, 6.07) is 13.2. The molecule has 0 bridgehead atoms. The first-order chi connectivity index (χ1) is 16.4. The van der Waals surface area contributed by atoms with Crippen molar-refractivity contribution in [3.05, 3.63) is 90.0 Å². The minimum absolute atomic E-state index is 0.0574. The number of benzene rings is 2. The molecule has 2 aromatic carbocycles. The van der Waals surface area contributed by atoms with Gasteiger partial charge in [-0.3, -0.25) is 14.6 Å². The number of anilines is 1. The van der Waals surface area contributed by atoms with E-state index in [0.717, 1.165) is 17.7 Å². The van der Waals surface area contributed by atoms with Crippen molar-refractivity contribution in [2.75, 3.05) is 5.32 Å². The van der Waals surface area contributed by atoms with Gasteiger partial charge in [0.05, 0.1) is 4.90 Å². The molecule has 0 saturated heterocycles. The summed E-state index contributed by atoms with van der Waals surface area (Å²) in [6.07, 6.45) is 3.35. The highest BCUT2D eigenvalue weighted by molar-refractivity contribution is 7.89. The molecule has 0 fully saturated rings. The number of amides is 2. The standard InChI is InChI=1S/C25H27FN4O4S/c1-25(2,3)30-35(33,34)21-12-10-20(11-13-21)28-24(32)22(15-17-5-4-14-27-16-17)29-23(31)18-6-8-19(26)9-7-18/h4-14,16,22,30H,15H2,1-3H3,(H,28,32)(H,29,31)/t22-/m0/s1. The molecule has 0 spiro atoms. The Morgan fingerprint density at radius 1 is 1.00 bits per heavy atom. The van der Waals surface area contributed by atoms with Gasteiger partial charge in [-0.1, -0.05) is 6.07 Å². The van der Waals surface area contributed by atoms with Crippen LogP contribution in [-0.2, 0) is 21.2 Å². The van der Waals surface area contributed by atoms with Gasteiger partial charge in [0.15, 0.2) is 0 Å². The second-order valence-corrected chi connectivity index (χ2v) is 10.6. The van der Waals surface area contributed by atoms with E-state index in [1.165, 1.54) is 36.4 Å². The first-order valence-corrected chi connectivity index (χ1v) is 12.3. The summed E-state index contributed by atoms with van der Waals surface area (Å²) in [4.78, 5) is 29.8. The van der Waals surface area contributed by atoms with Gasteiger partial charge in [0, 0.05) is 35.6 Å². The highest BCUT2D eigenvalue weighted by Gasteiger charge is 2.24. The molecule has 0 aliphatic rings. The molecule has 184 valence electrons. The first-order valence-electron chi connectivity index (χ1n) is 10.8. The molecule has 3 N–H and O–H groups in total. The van der Waals surface area contributed by atoms with Gasteiger partial charge >= 0.3 is 0 Å². The van der Waals surface area contributed by atoms with E-state index in [2.05, 4.69) is 20.3 Å². The lowest BCUT2D eigenvalue weighted by atomic mass is 10.1. The van der Waals surface area contributed by atoms with Gasteiger partial charge in [-0.2, -0.15) is 0 Å². The van der Waals surface area contributed by atoms with Crippen LogP contribution in [0.15, 0.2) is 78.0 Å². The molecule has 0 unspecified atom stereocenters. The fourth-order valence-electron chi connectivity index (χ4n) is 3.22. The number of aromatic nitrogens is 1. The Hall–Kier alpha value is -3.63. The van der Waals surface area contributed by atoms with E-state index in [1.54, 1.807) is 45.3 Å². The molecule has 3 rings (SSSR count). The number of hydrogen-bond donors (Lipinski definition) is 3. The van der Waals surface area contributed by atoms with Gasteiger partial charge in [-0.25, -0.2) is 17.5 Å². The molecular formula is C25H27FN4O4S. The number of halogens is 1. The van der Waals surface area contributed by atoms with Gasteiger partial charge < -0.3 is 10.6 Å². The monoisotopic (exact) mass is 498 g/mol. The molecule has 1 heterocycles. The molecular weight excluding hydrogens is 471 g/mol. The molecule has 1 atom stereocenters. The minimum Gasteiger partial charge on any atom is -0.340 e. The molecule has 35 heavy (non-hydrogen) atoms. The lowest BCUT2D eigenvalue weighted by molar-refractivity contribution is -0.118. The lowest BCUT2D eigenvalue weighted by Crippen LogP contribution is -2.45. The van der Waals surface area contributed by atoms with E-state index < -0.39 is 39.2 Å². The number of nitrogens with one attached hydrogen (secondary N) is 3. The normalized spacial score (nSPS) is 12.6. The van der Waals surface area contributed by atoms with Gasteiger partial charge in [0.1, 0.15) is 11.9 Å². The molecule has 0 aliphatic carbocycles. The quantitative estimate of drug-likeness (QED) is 0.441. The summed E-state index contributed by atoms with van der Waals surface area (Å²) in [7, 11) is -3.72. The Morgan fingerprint density at radius 3 is 2.23 bits per heavy atom. The van der Waals surface area contributed by atoms with Crippen molar-refractivity contribution in [2.24, 2.45) is 0 Å². The minimum atomic E-state index is -3.72. The molecule has 10 heteroatoms. The predicted octanol–water partition coefficient (Wildman–Crippen LogP) is 3.28. The van der Waals surface area contributed by atoms with Crippen LogP contribution >= 0.6 is 0 Å². The maximum Gasteiger partial charge on any atom is 0.251 e. The maximum atomic E-state index is 13.2. The smallest absolute Gasteiger partial charge is 0.251 e. The Morgan fingerprint density at radius 2 is 1.66 bits per heavy atom. The van der Waals surface area contributed by atoms with E-state index in [0.29, 0.717) is 5.69 Å². The molecule has 8 nitrogen and oxygen atoms in total. The average molecular weight is 499 g/mol. The Kier molecular flexibility index (Phi) is 7.98. The number of hydrogen-bond acceptors (Lipinski definition) is 5. The second-order valence-electron chi connectivity index (χ2n) is 8.97. The highest BCUT2D eigenvalue weighted by atomic mass is 32.2. The van der Waals surface area contributed by atoms with Crippen molar-refractivity contribution in [3.63, 3.8) is 0 Å². The summed E-state index contributed by atoms with van der Waals surface area (Å²) in [5, 5.41) is 5.38. The number of rotatable bonds is 8. The number of sulfonamides is 1. The van der Waals surface area contributed by atoms with Gasteiger partial charge in [-0.15, -0.1) is 0 Å². The summed E-state index contributed by atoms with van der Waals surface area (Å²) in [6.45, 7) is 5.21. The van der Waals surface area contributed by atoms with E-state index in [9.17, 15) is 22.4 Å². The van der Waals surface area contributed by atoms with Crippen molar-refractivity contribution < 1.29 is 22.4 Å². The van der Waals surface area contributed by atoms with E-state index in [1.807, 2.05) is 0 Å². The van der Waals surface area contributed by atoms with Crippen LogP contribution in [0.2, 0.25) is 0 Å². The fraction of sp³-hybridized carbons (Fsp3) is 0.240. The zero-order chi connectivity index (χ0) is 25.6. The topological polar surface area (TPSA) is 117 Å². The molecule has 2 amide bonds. The third-order valence-corrected chi connectivity index (χ3v) is 6.54. The zero-order valence-electron chi connectivity index (χ0n) is 19.6. The van der Waals surface area contributed by atoms with Crippen LogP contribution in [0, 0.1) is 5.82 Å². The van der Waals surface area contributed by atoms with Crippen LogP contribution in [-0.4, -0.2) is 36.8 Å². The predicted molar refractivity (Wildman–Crippen MR) is 131 cm³/mol. The van der Waals surface area contributed by atoms with E-state index >= 15 is 0 Å². The van der Waals surface area contributed by atoms with Gasteiger partial charge in [0.25, 0.3) is 5.91 Å². The molecule has 0 saturated carbocycles. The number of pyridine rings is 1. The van der Waals surface area contributed by atoms with Crippen molar-refractivity contribution >= 4 is 27.5 Å². The molecule has 3 aromatic rings. The summed E-state index contributed by atoms with van der Waals surface area (Å²) in [5.41, 5.74) is 0.642. The van der Waals surface area contributed by atoms with Crippen LogP contribution in [0.1, 0.15) is 36.7 Å². The van der Waals surface area contributed by atoms with Crippen LogP contribution < -0.4 is 15.4 Å². The van der Waals surface area contributed by atoms with Gasteiger partial charge in [0.2, 0.25) is 15.9 Å². The number of carbonyl (C=O) groups excluding carboxylic acids is 2. The second kappa shape index (κ2) is 10.7. The number of carbonyl (C=O) groups is 2. The van der Waals surface area contributed by atoms with Crippen molar-refractivity contribution in [3.8, 4) is 0 Å². The fourth-order valence-corrected chi connectivity index (χ4v) is 4.63. The third kappa shape index (κ3) is 7.69. The first kappa shape index (κ1) is 26.0. The van der Waals surface area contributed by atoms with Crippen molar-refractivity contribution in [1.82, 2.24) is 15.0 Å². The van der Waals surface area contributed by atoms with E-state index in [-0.39, 0.29) is 16.9 Å². The lowest BCUT2D eigenvalue weighted by Gasteiger charge is -2.21. The molecule has 0 aliphatic heterocycles. The van der Waals surface area contributed by atoms with Crippen LogP contribution in [0.3, 0.4) is 0 Å². The highest BCUT2D eigenvalue weighted by Crippen LogP contribution is 2.17. The van der Waals surface area contributed by atoms with Crippen molar-refractivity contribution in [1.29, 1.82) is 0 Å². The molecule has 1 aromatic heterocycles. The third-order valence-electron chi connectivity index (χ3n) is 4.76. The summed E-state index contributed by atoms with van der Waals surface area (Å²) >= 11 is 0. The summed E-state index contributed by atoms with van der Waals surface area (Å²) in [5.74, 6) is -1.52. The van der Waals surface area contributed by atoms with Crippen molar-refractivity contribution in [2.45, 2.75) is 43.7 Å². The van der Waals surface area contributed by atoms with Crippen LogP contribution in [0.5, 0.6) is 0 Å². The zero-order valence-corrected chi connectivity index (χ0v) is 20.4. The number of nitrogens with zero attached hydrogens (tertiary/aromatic N) is 1. The molecule has 0 radical (unpaired) electrons. The Balaban J connectivity index is 1.77. The maximum absolute atomic E-state index is 13.2.